The molecule has 116 valence electrons. The summed E-state index contributed by atoms with van der Waals surface area (Å²) in [5.74, 6) is 1.72. The van der Waals surface area contributed by atoms with Gasteiger partial charge in [0.25, 0.3) is 0 Å². The second kappa shape index (κ2) is 5.59. The van der Waals surface area contributed by atoms with Crippen LogP contribution in [-0.2, 0) is 12.0 Å². The van der Waals surface area contributed by atoms with E-state index in [0.717, 1.165) is 31.1 Å². The van der Waals surface area contributed by atoms with E-state index in [4.69, 9.17) is 0 Å². The van der Waals surface area contributed by atoms with Crippen molar-refractivity contribution in [3.8, 4) is 0 Å². The van der Waals surface area contributed by atoms with Gasteiger partial charge in [-0.3, -0.25) is 0 Å². The van der Waals surface area contributed by atoms with Crippen LogP contribution in [0.25, 0.3) is 0 Å². The number of nitrogens with one attached hydrogen (secondary N) is 1. The van der Waals surface area contributed by atoms with Crippen molar-refractivity contribution in [1.82, 2.24) is 9.97 Å². The van der Waals surface area contributed by atoms with Gasteiger partial charge in [0, 0.05) is 36.8 Å². The first kappa shape index (κ1) is 14.8. The van der Waals surface area contributed by atoms with Gasteiger partial charge in [0.1, 0.15) is 5.82 Å². The molecule has 4 nitrogen and oxygen atoms in total. The number of aromatic nitrogens is 2. The van der Waals surface area contributed by atoms with E-state index in [0.29, 0.717) is 5.95 Å². The summed E-state index contributed by atoms with van der Waals surface area (Å²) in [6.07, 6.45) is 0. The van der Waals surface area contributed by atoms with Crippen molar-refractivity contribution in [1.29, 1.82) is 0 Å². The Labute approximate surface area is 132 Å². The van der Waals surface area contributed by atoms with E-state index in [9.17, 15) is 0 Å². The molecule has 22 heavy (non-hydrogen) atoms. The molecule has 0 bridgehead atoms. The molecule has 2 heterocycles. The quantitative estimate of drug-likeness (QED) is 0.941. The number of fused-ring (bicyclic) bond motifs is 1. The first-order valence-electron chi connectivity index (χ1n) is 7.92. The summed E-state index contributed by atoms with van der Waals surface area (Å²) < 4.78 is 0. The van der Waals surface area contributed by atoms with E-state index >= 15 is 0 Å². The zero-order chi connectivity index (χ0) is 15.7. The minimum atomic E-state index is 0.117. The summed E-state index contributed by atoms with van der Waals surface area (Å²) >= 11 is 0. The highest BCUT2D eigenvalue weighted by Crippen LogP contribution is 2.35. The van der Waals surface area contributed by atoms with E-state index in [1.165, 1.54) is 11.1 Å². The van der Waals surface area contributed by atoms with Crippen LogP contribution in [0.1, 0.15) is 37.6 Å². The second-order valence-electron chi connectivity index (χ2n) is 6.62. The van der Waals surface area contributed by atoms with Gasteiger partial charge in [0.15, 0.2) is 0 Å². The standard InChI is InChI=1S/C18H24N4/c1-5-19-17-20-13(2)10-16(21-17)22-11-14-8-6-7-9-15(14)18(3,4)12-22/h6-10H,5,11-12H2,1-4H3,(H,19,20,21). The normalized spacial score (nSPS) is 16.3. The average molecular weight is 296 g/mol. The zero-order valence-electron chi connectivity index (χ0n) is 13.8. The van der Waals surface area contributed by atoms with Gasteiger partial charge in [0.2, 0.25) is 5.95 Å². The largest absolute Gasteiger partial charge is 0.354 e. The molecular formula is C18H24N4. The third kappa shape index (κ3) is 2.78. The van der Waals surface area contributed by atoms with Crippen molar-refractivity contribution in [3.05, 3.63) is 47.2 Å². The molecule has 1 aliphatic heterocycles. The summed E-state index contributed by atoms with van der Waals surface area (Å²) in [7, 11) is 0. The Balaban J connectivity index is 1.97. The molecule has 0 unspecified atom stereocenters. The molecule has 0 saturated heterocycles. The van der Waals surface area contributed by atoms with E-state index in [1.807, 2.05) is 6.92 Å². The number of hydrogen-bond donors (Lipinski definition) is 1. The molecule has 1 N–H and O–H groups in total. The maximum absolute atomic E-state index is 4.69. The van der Waals surface area contributed by atoms with Gasteiger partial charge in [-0.15, -0.1) is 0 Å². The summed E-state index contributed by atoms with van der Waals surface area (Å²) in [4.78, 5) is 11.5. The lowest BCUT2D eigenvalue weighted by atomic mass is 9.78. The lowest BCUT2D eigenvalue weighted by molar-refractivity contribution is 0.474. The van der Waals surface area contributed by atoms with Gasteiger partial charge in [-0.1, -0.05) is 38.1 Å². The summed E-state index contributed by atoms with van der Waals surface area (Å²) in [5.41, 5.74) is 3.95. The number of nitrogens with zero attached hydrogens (tertiary/aromatic N) is 3. The van der Waals surface area contributed by atoms with Crippen molar-refractivity contribution in [2.75, 3.05) is 23.3 Å². The predicted octanol–water partition coefficient (Wildman–Crippen LogP) is 3.51. The maximum atomic E-state index is 4.69. The number of aryl methyl sites for hydroxylation is 1. The van der Waals surface area contributed by atoms with Gasteiger partial charge in [-0.25, -0.2) is 4.98 Å². The van der Waals surface area contributed by atoms with Crippen molar-refractivity contribution < 1.29 is 0 Å². The van der Waals surface area contributed by atoms with Gasteiger partial charge >= 0.3 is 0 Å². The van der Waals surface area contributed by atoms with Crippen LogP contribution in [0.4, 0.5) is 11.8 Å². The van der Waals surface area contributed by atoms with Crippen molar-refractivity contribution in [2.24, 2.45) is 0 Å². The Hall–Kier alpha value is -2.10. The van der Waals surface area contributed by atoms with Crippen LogP contribution >= 0.6 is 0 Å². The monoisotopic (exact) mass is 296 g/mol. The smallest absolute Gasteiger partial charge is 0.224 e. The summed E-state index contributed by atoms with van der Waals surface area (Å²) in [6, 6.07) is 10.8. The summed E-state index contributed by atoms with van der Waals surface area (Å²) in [6.45, 7) is 11.4. The number of rotatable bonds is 3. The van der Waals surface area contributed by atoms with Crippen molar-refractivity contribution in [3.63, 3.8) is 0 Å². The van der Waals surface area contributed by atoms with E-state index < -0.39 is 0 Å². The zero-order valence-corrected chi connectivity index (χ0v) is 13.8. The third-order valence-electron chi connectivity index (χ3n) is 4.19. The summed E-state index contributed by atoms with van der Waals surface area (Å²) in [5, 5.41) is 3.22. The number of hydrogen-bond acceptors (Lipinski definition) is 4. The molecule has 2 aromatic rings. The molecule has 0 atom stereocenters. The van der Waals surface area contributed by atoms with Crippen LogP contribution < -0.4 is 10.2 Å². The molecule has 0 radical (unpaired) electrons. The Morgan fingerprint density at radius 3 is 2.77 bits per heavy atom. The molecule has 1 aliphatic rings. The number of anilines is 2. The highest BCUT2D eigenvalue weighted by atomic mass is 15.2. The fourth-order valence-corrected chi connectivity index (χ4v) is 3.26. The van der Waals surface area contributed by atoms with E-state index in [-0.39, 0.29) is 5.41 Å². The van der Waals surface area contributed by atoms with E-state index in [2.05, 4.69) is 71.3 Å². The topological polar surface area (TPSA) is 41.1 Å². The second-order valence-corrected chi connectivity index (χ2v) is 6.62. The minimum Gasteiger partial charge on any atom is -0.354 e. The van der Waals surface area contributed by atoms with Crippen LogP contribution in [0, 0.1) is 6.92 Å². The fraction of sp³-hybridized carbons (Fsp3) is 0.444. The van der Waals surface area contributed by atoms with Crippen molar-refractivity contribution >= 4 is 11.8 Å². The van der Waals surface area contributed by atoms with Gasteiger partial charge in [0.05, 0.1) is 0 Å². The van der Waals surface area contributed by atoms with Crippen LogP contribution in [0.3, 0.4) is 0 Å². The lowest BCUT2D eigenvalue weighted by Gasteiger charge is -2.40. The van der Waals surface area contributed by atoms with Crippen LogP contribution in [0.2, 0.25) is 0 Å². The average Bonchev–Trinajstić information content (AvgIpc) is 2.46. The molecule has 4 heteroatoms. The van der Waals surface area contributed by atoms with Crippen LogP contribution in [-0.4, -0.2) is 23.1 Å². The SMILES string of the molecule is CCNc1nc(C)cc(N2Cc3ccccc3C(C)(C)C2)n1. The molecule has 0 fully saturated rings. The maximum Gasteiger partial charge on any atom is 0.224 e. The molecule has 0 saturated carbocycles. The number of benzene rings is 1. The predicted molar refractivity (Wildman–Crippen MR) is 91.5 cm³/mol. The Morgan fingerprint density at radius 2 is 2.00 bits per heavy atom. The molecule has 1 aromatic carbocycles. The first-order valence-corrected chi connectivity index (χ1v) is 7.92. The van der Waals surface area contributed by atoms with Crippen molar-refractivity contribution in [2.45, 2.75) is 39.7 Å². The fourth-order valence-electron chi connectivity index (χ4n) is 3.26. The van der Waals surface area contributed by atoms with Gasteiger partial charge in [-0.05, 0) is 25.0 Å². The first-order chi connectivity index (χ1) is 10.5. The molecule has 3 rings (SSSR count). The van der Waals surface area contributed by atoms with Crippen LogP contribution in [0.5, 0.6) is 0 Å². The van der Waals surface area contributed by atoms with Gasteiger partial charge < -0.3 is 10.2 Å². The lowest BCUT2D eigenvalue weighted by Crippen LogP contribution is -2.42. The van der Waals surface area contributed by atoms with Gasteiger partial charge in [-0.2, -0.15) is 4.98 Å². The molecule has 0 amide bonds. The highest BCUT2D eigenvalue weighted by Gasteiger charge is 2.32. The minimum absolute atomic E-state index is 0.117. The molecule has 1 aromatic heterocycles. The molecular weight excluding hydrogens is 272 g/mol. The van der Waals surface area contributed by atoms with E-state index in [1.54, 1.807) is 0 Å². The Kier molecular flexibility index (Phi) is 3.77. The third-order valence-corrected chi connectivity index (χ3v) is 4.19. The highest BCUT2D eigenvalue weighted by molar-refractivity contribution is 5.50. The Morgan fingerprint density at radius 1 is 1.23 bits per heavy atom. The molecule has 0 aliphatic carbocycles. The molecule has 0 spiro atoms. The van der Waals surface area contributed by atoms with Crippen LogP contribution in [0.15, 0.2) is 30.3 Å². The Bertz CT molecular complexity index is 679.